The van der Waals surface area contributed by atoms with Crippen molar-refractivity contribution in [3.05, 3.63) is 0 Å². The minimum absolute atomic E-state index is 0.266. The van der Waals surface area contributed by atoms with E-state index < -0.39 is 0 Å². The first-order valence-corrected chi connectivity index (χ1v) is 2.20. The van der Waals surface area contributed by atoms with Gasteiger partial charge in [-0.25, -0.2) is 0 Å². The van der Waals surface area contributed by atoms with E-state index >= 15 is 0 Å². The van der Waals surface area contributed by atoms with Crippen molar-refractivity contribution >= 4 is 5.84 Å². The van der Waals surface area contributed by atoms with E-state index in [2.05, 4.69) is 10.2 Å². The van der Waals surface area contributed by atoms with Crippen LogP contribution >= 0.6 is 0 Å². The van der Waals surface area contributed by atoms with Gasteiger partial charge in [0.2, 0.25) is 0 Å². The Morgan fingerprint density at radius 3 is 2.43 bits per heavy atom. The summed E-state index contributed by atoms with van der Waals surface area (Å²) >= 11 is 0. The smallest absolute Gasteiger partial charge is 0.139 e. The monoisotopic (exact) mass is 99.1 g/mol. The van der Waals surface area contributed by atoms with Crippen molar-refractivity contribution in [3.8, 4) is 0 Å². The highest BCUT2D eigenvalue weighted by Crippen LogP contribution is 1.74. The molecule has 0 bridgehead atoms. The topological polar surface area (TPSA) is 48.6 Å². The summed E-state index contributed by atoms with van der Waals surface area (Å²) in [7, 11) is 0. The van der Waals surface area contributed by atoms with Gasteiger partial charge in [-0.3, -0.25) is 5.41 Å². The SMILES string of the molecule is CC/N=N\C(C)=N. The van der Waals surface area contributed by atoms with Crippen LogP contribution in [-0.2, 0) is 0 Å². The third kappa shape index (κ3) is 5.27. The molecule has 0 aliphatic rings. The third-order valence-corrected chi connectivity index (χ3v) is 0.362. The largest absolute Gasteiger partial charge is 0.285 e. The minimum Gasteiger partial charge on any atom is -0.285 e. The molecule has 7 heavy (non-hydrogen) atoms. The normalized spacial score (nSPS) is 10.0. The fourth-order valence-corrected chi connectivity index (χ4v) is 0.177. The van der Waals surface area contributed by atoms with Crippen molar-refractivity contribution < 1.29 is 0 Å². The first kappa shape index (κ1) is 6.27. The standard InChI is InChI=1S/C4H9N3/c1-3-6-7-4(2)5/h5H,3H2,1-2H3/b5-4?,7-6-. The van der Waals surface area contributed by atoms with Crippen LogP contribution in [0, 0.1) is 5.41 Å². The van der Waals surface area contributed by atoms with Gasteiger partial charge in [0.1, 0.15) is 5.84 Å². The Morgan fingerprint density at radius 2 is 2.29 bits per heavy atom. The van der Waals surface area contributed by atoms with Gasteiger partial charge in [-0.05, 0) is 13.8 Å². The molecule has 0 atom stereocenters. The lowest BCUT2D eigenvalue weighted by molar-refractivity contribution is 1.01. The maximum atomic E-state index is 6.74. The van der Waals surface area contributed by atoms with Gasteiger partial charge < -0.3 is 0 Å². The van der Waals surface area contributed by atoms with Crippen LogP contribution in [-0.4, -0.2) is 12.4 Å². The first-order valence-electron chi connectivity index (χ1n) is 2.20. The lowest BCUT2D eigenvalue weighted by atomic mass is 10.7. The molecule has 0 unspecified atom stereocenters. The highest BCUT2D eigenvalue weighted by Gasteiger charge is 1.72. The van der Waals surface area contributed by atoms with Crippen molar-refractivity contribution in [2.24, 2.45) is 10.2 Å². The van der Waals surface area contributed by atoms with E-state index in [0.717, 1.165) is 0 Å². The number of hydrogen-bond donors (Lipinski definition) is 1. The van der Waals surface area contributed by atoms with Crippen LogP contribution in [0.3, 0.4) is 0 Å². The van der Waals surface area contributed by atoms with E-state index in [1.807, 2.05) is 6.92 Å². The van der Waals surface area contributed by atoms with Crippen LogP contribution < -0.4 is 0 Å². The number of nitrogens with one attached hydrogen (secondary N) is 1. The summed E-state index contributed by atoms with van der Waals surface area (Å²) in [4.78, 5) is 0. The van der Waals surface area contributed by atoms with Gasteiger partial charge in [-0.15, -0.1) is 5.11 Å². The molecule has 0 rings (SSSR count). The minimum atomic E-state index is 0.266. The molecule has 0 saturated carbocycles. The number of azo groups is 1. The zero-order valence-corrected chi connectivity index (χ0v) is 4.60. The summed E-state index contributed by atoms with van der Waals surface area (Å²) in [6, 6.07) is 0. The van der Waals surface area contributed by atoms with Gasteiger partial charge in [0, 0.05) is 0 Å². The van der Waals surface area contributed by atoms with Crippen molar-refractivity contribution in [1.29, 1.82) is 5.41 Å². The highest BCUT2D eigenvalue weighted by molar-refractivity contribution is 5.76. The van der Waals surface area contributed by atoms with Crippen molar-refractivity contribution in [1.82, 2.24) is 0 Å². The Bertz CT molecular complexity index is 84.9. The molecule has 0 aliphatic heterocycles. The molecule has 3 heteroatoms. The average Bonchev–Trinajstić information content (AvgIpc) is 1.61. The van der Waals surface area contributed by atoms with E-state index in [4.69, 9.17) is 5.41 Å². The summed E-state index contributed by atoms with van der Waals surface area (Å²) < 4.78 is 0. The summed E-state index contributed by atoms with van der Waals surface area (Å²) in [6.45, 7) is 4.14. The molecular formula is C4H9N3. The van der Waals surface area contributed by atoms with E-state index in [0.29, 0.717) is 6.54 Å². The Labute approximate surface area is 43.0 Å². The van der Waals surface area contributed by atoms with Crippen LogP contribution in [0.15, 0.2) is 10.2 Å². The molecule has 0 aromatic rings. The fraction of sp³-hybridized carbons (Fsp3) is 0.750. The maximum Gasteiger partial charge on any atom is 0.139 e. The fourth-order valence-electron chi connectivity index (χ4n) is 0.177. The molecule has 0 saturated heterocycles. The van der Waals surface area contributed by atoms with Gasteiger partial charge in [0.05, 0.1) is 6.54 Å². The Morgan fingerprint density at radius 1 is 1.71 bits per heavy atom. The van der Waals surface area contributed by atoms with Crippen LogP contribution in [0.5, 0.6) is 0 Å². The predicted molar refractivity (Wildman–Crippen MR) is 28.8 cm³/mol. The summed E-state index contributed by atoms with van der Waals surface area (Å²) in [5.41, 5.74) is 0. The zero-order chi connectivity index (χ0) is 5.70. The van der Waals surface area contributed by atoms with Crippen molar-refractivity contribution in [2.75, 3.05) is 6.54 Å². The second-order valence-corrected chi connectivity index (χ2v) is 1.14. The molecule has 0 aromatic carbocycles. The summed E-state index contributed by atoms with van der Waals surface area (Å²) in [6.07, 6.45) is 0. The highest BCUT2D eigenvalue weighted by atomic mass is 15.1. The van der Waals surface area contributed by atoms with E-state index in [9.17, 15) is 0 Å². The first-order chi connectivity index (χ1) is 3.27. The molecule has 0 amide bonds. The molecule has 3 nitrogen and oxygen atoms in total. The summed E-state index contributed by atoms with van der Waals surface area (Å²) in [5, 5.41) is 13.8. The molecule has 1 N–H and O–H groups in total. The lowest BCUT2D eigenvalue weighted by Crippen LogP contribution is -1.76. The Kier molecular flexibility index (Phi) is 3.10. The molecular weight excluding hydrogens is 90.1 g/mol. The van der Waals surface area contributed by atoms with Crippen LogP contribution in [0.1, 0.15) is 13.8 Å². The van der Waals surface area contributed by atoms with Crippen molar-refractivity contribution in [2.45, 2.75) is 13.8 Å². The molecule has 0 heterocycles. The average molecular weight is 99.1 g/mol. The Balaban J connectivity index is 3.26. The molecule has 40 valence electrons. The van der Waals surface area contributed by atoms with Crippen LogP contribution in [0.2, 0.25) is 0 Å². The van der Waals surface area contributed by atoms with Gasteiger partial charge in [-0.2, -0.15) is 5.11 Å². The molecule has 0 aromatic heterocycles. The van der Waals surface area contributed by atoms with Gasteiger partial charge in [-0.1, -0.05) is 0 Å². The van der Waals surface area contributed by atoms with Gasteiger partial charge >= 0.3 is 0 Å². The quantitative estimate of drug-likeness (QED) is 0.294. The molecule has 0 radical (unpaired) electrons. The summed E-state index contributed by atoms with van der Waals surface area (Å²) in [5.74, 6) is 0.266. The second kappa shape index (κ2) is 3.46. The molecule has 0 spiro atoms. The lowest BCUT2D eigenvalue weighted by Gasteiger charge is -1.77. The van der Waals surface area contributed by atoms with E-state index in [-0.39, 0.29) is 5.84 Å². The van der Waals surface area contributed by atoms with Gasteiger partial charge in [0.15, 0.2) is 0 Å². The predicted octanol–water partition coefficient (Wildman–Crippen LogP) is 1.46. The zero-order valence-electron chi connectivity index (χ0n) is 4.60. The second-order valence-electron chi connectivity index (χ2n) is 1.14. The van der Waals surface area contributed by atoms with Crippen LogP contribution in [0.4, 0.5) is 0 Å². The molecule has 0 aliphatic carbocycles. The van der Waals surface area contributed by atoms with E-state index in [1.54, 1.807) is 6.92 Å². The van der Waals surface area contributed by atoms with Crippen molar-refractivity contribution in [3.63, 3.8) is 0 Å². The molecule has 0 fully saturated rings. The third-order valence-electron chi connectivity index (χ3n) is 0.362. The van der Waals surface area contributed by atoms with E-state index in [1.165, 1.54) is 0 Å². The van der Waals surface area contributed by atoms with Gasteiger partial charge in [0.25, 0.3) is 0 Å². The number of amidine groups is 1. The maximum absolute atomic E-state index is 6.74. The number of hydrogen-bond acceptors (Lipinski definition) is 2. The van der Waals surface area contributed by atoms with Crippen LogP contribution in [0.25, 0.3) is 0 Å². The number of nitrogens with zero attached hydrogens (tertiary/aromatic N) is 2. The number of rotatable bonds is 1. The Hall–Kier alpha value is -0.730.